The van der Waals surface area contributed by atoms with Crippen LogP contribution in [-0.4, -0.2) is 39.6 Å². The maximum absolute atomic E-state index is 13.4. The van der Waals surface area contributed by atoms with E-state index in [-0.39, 0.29) is 11.7 Å². The smallest absolute Gasteiger partial charge is 0.257 e. The molecule has 1 aliphatic heterocycles. The number of rotatable bonds is 4. The molecule has 0 spiro atoms. The molecule has 3 aromatic rings. The number of anilines is 2. The summed E-state index contributed by atoms with van der Waals surface area (Å²) in [6, 6.07) is 11.1. The van der Waals surface area contributed by atoms with Gasteiger partial charge in [0.25, 0.3) is 5.91 Å². The Hall–Kier alpha value is -3.28. The molecule has 1 aromatic carbocycles. The minimum Gasteiger partial charge on any atom is -0.354 e. The second-order valence-corrected chi connectivity index (χ2v) is 8.13. The molecule has 2 aromatic heterocycles. The van der Waals surface area contributed by atoms with E-state index in [1.807, 2.05) is 36.1 Å². The Morgan fingerprint density at radius 2 is 1.90 bits per heavy atom. The number of amides is 1. The van der Waals surface area contributed by atoms with Gasteiger partial charge in [-0.3, -0.25) is 9.59 Å². The Bertz CT molecular complexity index is 1110. The summed E-state index contributed by atoms with van der Waals surface area (Å²) in [5, 5.41) is 4.19. The SMILES string of the molecule is CC(=O)c1ccc(Nc2c(C(=O)N3CCC[C@@H](C)C3)cnc3nc(C)ccc23)cc1. The topological polar surface area (TPSA) is 75.2 Å². The lowest BCUT2D eigenvalue weighted by Gasteiger charge is -2.31. The first-order valence-corrected chi connectivity index (χ1v) is 10.4. The van der Waals surface area contributed by atoms with Crippen LogP contribution in [0.1, 0.15) is 53.1 Å². The number of piperidine rings is 1. The summed E-state index contributed by atoms with van der Waals surface area (Å²) in [6.07, 6.45) is 3.79. The van der Waals surface area contributed by atoms with Crippen molar-refractivity contribution in [2.75, 3.05) is 18.4 Å². The number of nitrogens with one attached hydrogen (secondary N) is 1. The van der Waals surface area contributed by atoms with Gasteiger partial charge in [-0.1, -0.05) is 6.92 Å². The van der Waals surface area contributed by atoms with Crippen molar-refractivity contribution in [3.63, 3.8) is 0 Å². The van der Waals surface area contributed by atoms with Gasteiger partial charge >= 0.3 is 0 Å². The minimum atomic E-state index is -0.0145. The number of pyridine rings is 2. The highest BCUT2D eigenvalue weighted by Crippen LogP contribution is 2.30. The van der Waals surface area contributed by atoms with Crippen LogP contribution in [-0.2, 0) is 0 Å². The molecule has 4 rings (SSSR count). The van der Waals surface area contributed by atoms with Gasteiger partial charge in [0.2, 0.25) is 0 Å². The van der Waals surface area contributed by atoms with Crippen LogP contribution in [0, 0.1) is 12.8 Å². The van der Waals surface area contributed by atoms with E-state index in [1.54, 1.807) is 25.3 Å². The summed E-state index contributed by atoms with van der Waals surface area (Å²) >= 11 is 0. The number of likely N-dealkylation sites (tertiary alicyclic amines) is 1. The van der Waals surface area contributed by atoms with Gasteiger partial charge in [0.05, 0.1) is 11.3 Å². The van der Waals surface area contributed by atoms with Crippen LogP contribution in [0.2, 0.25) is 0 Å². The van der Waals surface area contributed by atoms with E-state index in [0.29, 0.717) is 28.4 Å². The lowest BCUT2D eigenvalue weighted by Crippen LogP contribution is -2.39. The molecule has 0 radical (unpaired) electrons. The van der Waals surface area contributed by atoms with Gasteiger partial charge in [-0.05, 0) is 69.0 Å². The van der Waals surface area contributed by atoms with E-state index < -0.39 is 0 Å². The Labute approximate surface area is 176 Å². The van der Waals surface area contributed by atoms with Gasteiger partial charge in [-0.2, -0.15) is 0 Å². The lowest BCUT2D eigenvalue weighted by molar-refractivity contribution is 0.0683. The maximum atomic E-state index is 13.4. The zero-order chi connectivity index (χ0) is 21.3. The first-order valence-electron chi connectivity index (χ1n) is 10.4. The number of aromatic nitrogens is 2. The molecule has 1 atom stereocenters. The molecule has 1 aliphatic rings. The number of hydrogen-bond donors (Lipinski definition) is 1. The monoisotopic (exact) mass is 402 g/mol. The van der Waals surface area contributed by atoms with Gasteiger partial charge in [-0.15, -0.1) is 0 Å². The van der Waals surface area contributed by atoms with Crippen molar-refractivity contribution in [2.45, 2.75) is 33.6 Å². The van der Waals surface area contributed by atoms with Crippen LogP contribution in [0.5, 0.6) is 0 Å². The molecule has 0 aliphatic carbocycles. The minimum absolute atomic E-state index is 0.0145. The number of fused-ring (bicyclic) bond motifs is 1. The van der Waals surface area contributed by atoms with Crippen molar-refractivity contribution < 1.29 is 9.59 Å². The first kappa shape index (κ1) is 20.0. The van der Waals surface area contributed by atoms with Crippen molar-refractivity contribution in [2.24, 2.45) is 5.92 Å². The maximum Gasteiger partial charge on any atom is 0.257 e. The molecule has 0 bridgehead atoms. The first-order chi connectivity index (χ1) is 14.4. The van der Waals surface area contributed by atoms with Crippen LogP contribution in [0.4, 0.5) is 11.4 Å². The Morgan fingerprint density at radius 1 is 1.13 bits per heavy atom. The number of carbonyl (C=O) groups excluding carboxylic acids is 2. The summed E-state index contributed by atoms with van der Waals surface area (Å²) in [7, 11) is 0. The highest BCUT2D eigenvalue weighted by molar-refractivity contribution is 6.07. The zero-order valence-electron chi connectivity index (χ0n) is 17.6. The van der Waals surface area contributed by atoms with Crippen LogP contribution >= 0.6 is 0 Å². The third-order valence-corrected chi connectivity index (χ3v) is 5.60. The molecular formula is C24H26N4O2. The van der Waals surface area contributed by atoms with E-state index in [0.717, 1.165) is 42.7 Å². The van der Waals surface area contributed by atoms with Gasteiger partial charge < -0.3 is 10.2 Å². The molecule has 6 nitrogen and oxygen atoms in total. The van der Waals surface area contributed by atoms with Gasteiger partial charge in [0, 0.05) is 41.6 Å². The number of benzene rings is 1. The predicted molar refractivity (Wildman–Crippen MR) is 118 cm³/mol. The normalized spacial score (nSPS) is 16.5. The number of ketones is 1. The zero-order valence-corrected chi connectivity index (χ0v) is 17.6. The molecule has 154 valence electrons. The number of nitrogens with zero attached hydrogens (tertiary/aromatic N) is 3. The number of Topliss-reactive ketones (excluding diaryl/α,β-unsaturated/α-hetero) is 1. The van der Waals surface area contributed by atoms with Crippen LogP contribution in [0.3, 0.4) is 0 Å². The lowest BCUT2D eigenvalue weighted by atomic mass is 9.99. The second kappa shape index (κ2) is 8.22. The van der Waals surface area contributed by atoms with Crippen molar-refractivity contribution >= 4 is 34.1 Å². The second-order valence-electron chi connectivity index (χ2n) is 8.13. The Kier molecular flexibility index (Phi) is 5.48. The van der Waals surface area contributed by atoms with Gasteiger partial charge in [0.1, 0.15) is 0 Å². The highest BCUT2D eigenvalue weighted by Gasteiger charge is 2.25. The molecule has 0 saturated carbocycles. The largest absolute Gasteiger partial charge is 0.354 e. The third kappa shape index (κ3) is 4.03. The predicted octanol–water partition coefficient (Wildman–Crippen LogP) is 4.76. The molecule has 30 heavy (non-hydrogen) atoms. The van der Waals surface area contributed by atoms with E-state index in [4.69, 9.17) is 0 Å². The fourth-order valence-electron chi connectivity index (χ4n) is 3.95. The quantitative estimate of drug-likeness (QED) is 0.637. The van der Waals surface area contributed by atoms with Crippen molar-refractivity contribution in [1.29, 1.82) is 0 Å². The summed E-state index contributed by atoms with van der Waals surface area (Å²) in [4.78, 5) is 35.9. The van der Waals surface area contributed by atoms with Crippen molar-refractivity contribution in [1.82, 2.24) is 14.9 Å². The summed E-state index contributed by atoms with van der Waals surface area (Å²) in [6.45, 7) is 7.17. The number of aryl methyl sites for hydroxylation is 1. The van der Waals surface area contributed by atoms with Crippen molar-refractivity contribution in [3.05, 3.63) is 59.4 Å². The fraction of sp³-hybridized carbons (Fsp3) is 0.333. The van der Waals surface area contributed by atoms with E-state index in [1.165, 1.54) is 0 Å². The molecule has 0 unspecified atom stereocenters. The van der Waals surface area contributed by atoms with Crippen LogP contribution in [0.15, 0.2) is 42.6 Å². The molecule has 1 fully saturated rings. The van der Waals surface area contributed by atoms with E-state index in [2.05, 4.69) is 22.2 Å². The fourth-order valence-corrected chi connectivity index (χ4v) is 3.95. The molecule has 1 N–H and O–H groups in total. The molecule has 1 amide bonds. The van der Waals surface area contributed by atoms with Crippen molar-refractivity contribution in [3.8, 4) is 0 Å². The summed E-state index contributed by atoms with van der Waals surface area (Å²) in [5.41, 5.74) is 4.16. The number of carbonyl (C=O) groups is 2. The van der Waals surface area contributed by atoms with Crippen LogP contribution < -0.4 is 5.32 Å². The molecule has 6 heteroatoms. The standard InChI is InChI=1S/C24H26N4O2/c1-15-5-4-12-28(14-15)24(30)21-13-25-23-20(11-6-16(2)26-23)22(21)27-19-9-7-18(8-10-19)17(3)29/h6-11,13,15H,4-5,12,14H2,1-3H3,(H,25,26,27)/t15-/m1/s1. The van der Waals surface area contributed by atoms with E-state index >= 15 is 0 Å². The summed E-state index contributed by atoms with van der Waals surface area (Å²) < 4.78 is 0. The Balaban J connectivity index is 1.77. The average molecular weight is 402 g/mol. The van der Waals surface area contributed by atoms with Crippen LogP contribution in [0.25, 0.3) is 11.0 Å². The van der Waals surface area contributed by atoms with Gasteiger partial charge in [0.15, 0.2) is 11.4 Å². The Morgan fingerprint density at radius 3 is 2.60 bits per heavy atom. The average Bonchev–Trinajstić information content (AvgIpc) is 2.73. The third-order valence-electron chi connectivity index (χ3n) is 5.60. The van der Waals surface area contributed by atoms with E-state index in [9.17, 15) is 9.59 Å². The molecule has 1 saturated heterocycles. The molecule has 3 heterocycles. The highest BCUT2D eigenvalue weighted by atomic mass is 16.2. The molecular weight excluding hydrogens is 376 g/mol. The number of hydrogen-bond acceptors (Lipinski definition) is 5. The van der Waals surface area contributed by atoms with Gasteiger partial charge in [-0.25, -0.2) is 9.97 Å². The summed E-state index contributed by atoms with van der Waals surface area (Å²) in [5.74, 6) is 0.501.